The summed E-state index contributed by atoms with van der Waals surface area (Å²) in [6, 6.07) is 0. The van der Waals surface area contributed by atoms with Crippen molar-refractivity contribution in [3.63, 3.8) is 0 Å². The number of hydrogen-bond acceptors (Lipinski definition) is 12. The number of ether oxygens (including phenoxy) is 1. The fraction of sp³-hybridized carbons (Fsp3) is 0.706. The number of phosphoric acid groups is 2. The van der Waals surface area contributed by atoms with Crippen molar-refractivity contribution < 1.29 is 51.4 Å². The quantitative estimate of drug-likeness (QED) is 0.223. The molecule has 13 nitrogen and oxygen atoms in total. The van der Waals surface area contributed by atoms with Crippen molar-refractivity contribution in [2.24, 2.45) is 5.92 Å². The lowest BCUT2D eigenvalue weighted by molar-refractivity contribution is -0.244. The summed E-state index contributed by atoms with van der Waals surface area (Å²) in [6.45, 7) is -4.81. The van der Waals surface area contributed by atoms with E-state index in [4.69, 9.17) is 14.2 Å². The molecular weight excluding hydrogens is 533 g/mol. The first-order valence-electron chi connectivity index (χ1n) is 10.4. The molecule has 3 unspecified atom stereocenters. The summed E-state index contributed by atoms with van der Waals surface area (Å²) < 4.78 is 39.3. The monoisotopic (exact) mass is 559 g/mol. The van der Waals surface area contributed by atoms with Gasteiger partial charge in [-0.05, 0) is 25.7 Å². The van der Waals surface area contributed by atoms with Crippen molar-refractivity contribution in [1.82, 2.24) is 10.6 Å². The van der Waals surface area contributed by atoms with Crippen LogP contribution < -0.4 is 25.3 Å². The molecule has 1 aliphatic carbocycles. The Bertz CT molecular complexity index is 925. The van der Waals surface area contributed by atoms with E-state index in [9.17, 15) is 28.6 Å². The number of carbonyl (C=O) groups excluding carboxylic acids is 1. The molecule has 2 aliphatic rings. The molecule has 1 heterocycles. The molecular formula is C17H26N2O11P3S-3. The highest BCUT2D eigenvalue weighted by molar-refractivity contribution is 8.07. The molecule has 0 bridgehead atoms. The normalized spacial score (nSPS) is 26.6. The van der Waals surface area contributed by atoms with Gasteiger partial charge in [-0.3, -0.25) is 18.2 Å². The van der Waals surface area contributed by atoms with E-state index in [-0.39, 0.29) is 18.4 Å². The number of amides is 1. The Labute approximate surface area is 202 Å². The predicted molar refractivity (Wildman–Crippen MR) is 117 cm³/mol. The fourth-order valence-electron chi connectivity index (χ4n) is 3.36. The summed E-state index contributed by atoms with van der Waals surface area (Å²) in [4.78, 5) is 54.0. The minimum atomic E-state index is -5.72. The third-order valence-corrected chi connectivity index (χ3v) is 9.41. The molecule has 1 amide bonds. The minimum absolute atomic E-state index is 0.0436. The molecule has 1 saturated heterocycles. The van der Waals surface area contributed by atoms with Crippen LogP contribution >= 0.6 is 22.4 Å². The molecule has 194 valence electrons. The molecule has 1 saturated carbocycles. The Morgan fingerprint density at radius 1 is 1.15 bits per heavy atom. The highest BCUT2D eigenvalue weighted by atomic mass is 32.5. The van der Waals surface area contributed by atoms with Crippen molar-refractivity contribution in [3.8, 4) is 11.8 Å². The maximum atomic E-state index is 12.0. The number of carbonyl (C=O) groups is 1. The summed E-state index contributed by atoms with van der Waals surface area (Å²) in [7, 11) is -11.4. The van der Waals surface area contributed by atoms with Crippen molar-refractivity contribution in [3.05, 3.63) is 12.3 Å². The molecule has 2 fully saturated rings. The van der Waals surface area contributed by atoms with Gasteiger partial charge < -0.3 is 39.5 Å². The molecule has 0 spiro atoms. The van der Waals surface area contributed by atoms with E-state index in [0.29, 0.717) is 12.8 Å². The predicted octanol–water partition coefficient (Wildman–Crippen LogP) is -0.142. The summed E-state index contributed by atoms with van der Waals surface area (Å²) in [5.41, 5.74) is 0. The van der Waals surface area contributed by atoms with E-state index in [2.05, 4.69) is 42.9 Å². The van der Waals surface area contributed by atoms with Gasteiger partial charge in [0, 0.05) is 18.2 Å². The van der Waals surface area contributed by atoms with E-state index >= 15 is 0 Å². The summed E-state index contributed by atoms with van der Waals surface area (Å²) in [5.74, 6) is 5.73. The van der Waals surface area contributed by atoms with Gasteiger partial charge in [-0.1, -0.05) is 42.9 Å². The zero-order chi connectivity index (χ0) is 25.2. The molecule has 17 heteroatoms. The average molecular weight is 559 g/mol. The molecule has 34 heavy (non-hydrogen) atoms. The van der Waals surface area contributed by atoms with Crippen LogP contribution in [0.2, 0.25) is 0 Å². The SMILES string of the molecule is O=C(NCC#C/C=C/N[C@H]1CC[C@@H](COP([O-])(=S)OP(=O)([O-])OP(=O)([O-])O)O1)C1CCCCC1. The standard InChI is InChI=1S/C17H29N2O11P3S/c20-17(14-7-3-1-4-8-14)19-12-6-2-5-11-18-16-10-9-15(28-16)13-27-33(26,34)30-32(24,25)29-31(21,22)23/h5,11,14-16,18H,1,3-4,7-10,12-13H2,(H,19,20)(H,24,25)(H,26,34)(H2,21,22,23)/p-3/b11-5+/t15-,16+,33?/m0/s1. The Kier molecular flexibility index (Phi) is 11.8. The van der Waals surface area contributed by atoms with E-state index in [1.54, 1.807) is 12.3 Å². The van der Waals surface area contributed by atoms with Crippen LogP contribution in [0.15, 0.2) is 12.3 Å². The van der Waals surface area contributed by atoms with Crippen LogP contribution in [-0.2, 0) is 43.6 Å². The first-order valence-corrected chi connectivity index (χ1v) is 15.9. The van der Waals surface area contributed by atoms with Crippen LogP contribution in [0.1, 0.15) is 44.9 Å². The maximum Gasteiger partial charge on any atom is 0.279 e. The number of allylic oxidation sites excluding steroid dienone is 1. The molecule has 1 aliphatic heterocycles. The average Bonchev–Trinajstić information content (AvgIpc) is 3.17. The lowest BCUT2D eigenvalue weighted by Crippen LogP contribution is -2.32. The van der Waals surface area contributed by atoms with Crippen molar-refractivity contribution >= 4 is 40.1 Å². The second-order valence-electron chi connectivity index (χ2n) is 7.52. The lowest BCUT2D eigenvalue weighted by atomic mass is 9.89. The third kappa shape index (κ3) is 12.4. The molecule has 0 aromatic rings. The summed E-state index contributed by atoms with van der Waals surface area (Å²) in [5, 5.41) is 5.75. The van der Waals surface area contributed by atoms with Crippen molar-refractivity contribution in [1.29, 1.82) is 0 Å². The zero-order valence-corrected chi connectivity index (χ0v) is 21.5. The molecule has 0 aromatic heterocycles. The summed E-state index contributed by atoms with van der Waals surface area (Å²) >= 11 is 4.38. The molecule has 0 aromatic carbocycles. The van der Waals surface area contributed by atoms with Gasteiger partial charge in [-0.15, -0.1) is 0 Å². The topological polar surface area (TPSA) is 202 Å². The van der Waals surface area contributed by atoms with Crippen LogP contribution in [0.25, 0.3) is 0 Å². The van der Waals surface area contributed by atoms with Gasteiger partial charge in [0.1, 0.15) is 12.9 Å². The first kappa shape index (κ1) is 29.6. The fourth-order valence-corrected chi connectivity index (χ4v) is 7.19. The van der Waals surface area contributed by atoms with Gasteiger partial charge >= 0.3 is 0 Å². The highest BCUT2D eigenvalue weighted by Gasteiger charge is 2.27. The van der Waals surface area contributed by atoms with Gasteiger partial charge in [-0.2, -0.15) is 0 Å². The van der Waals surface area contributed by atoms with E-state index in [1.807, 2.05) is 0 Å². The Morgan fingerprint density at radius 2 is 1.85 bits per heavy atom. The van der Waals surface area contributed by atoms with E-state index < -0.39 is 41.3 Å². The number of rotatable bonds is 11. The molecule has 3 N–H and O–H groups in total. The zero-order valence-electron chi connectivity index (χ0n) is 18.0. The maximum absolute atomic E-state index is 12.0. The Hall–Kier alpha value is -0.640. The van der Waals surface area contributed by atoms with Gasteiger partial charge in [0.05, 0.1) is 19.3 Å². The van der Waals surface area contributed by atoms with Crippen molar-refractivity contribution in [2.75, 3.05) is 13.2 Å². The molecule has 0 radical (unpaired) electrons. The van der Waals surface area contributed by atoms with Crippen LogP contribution in [-0.4, -0.2) is 36.3 Å². The second-order valence-corrected chi connectivity index (χ2v) is 13.2. The Balaban J connectivity index is 1.63. The van der Waals surface area contributed by atoms with Gasteiger partial charge in [0.15, 0.2) is 0 Å². The smallest absolute Gasteiger partial charge is 0.279 e. The lowest BCUT2D eigenvalue weighted by Gasteiger charge is -2.35. The highest BCUT2D eigenvalue weighted by Crippen LogP contribution is 2.61. The number of nitrogens with one attached hydrogen (secondary N) is 2. The van der Waals surface area contributed by atoms with Crippen molar-refractivity contribution in [2.45, 2.75) is 57.3 Å². The Morgan fingerprint density at radius 3 is 2.53 bits per heavy atom. The van der Waals surface area contributed by atoms with Crippen LogP contribution in [0.4, 0.5) is 0 Å². The van der Waals surface area contributed by atoms with E-state index in [1.165, 1.54) is 6.42 Å². The van der Waals surface area contributed by atoms with Gasteiger partial charge in [-0.25, -0.2) is 4.31 Å². The van der Waals surface area contributed by atoms with Crippen LogP contribution in [0.5, 0.6) is 0 Å². The number of hydrogen-bond donors (Lipinski definition) is 3. The van der Waals surface area contributed by atoms with Crippen LogP contribution in [0.3, 0.4) is 0 Å². The first-order chi connectivity index (χ1) is 15.9. The minimum Gasteiger partial charge on any atom is -0.779 e. The molecule has 5 atom stereocenters. The summed E-state index contributed by atoms with van der Waals surface area (Å²) in [6.07, 6.45) is 8.30. The molecule has 2 rings (SSSR count). The van der Waals surface area contributed by atoms with Gasteiger partial charge in [0.25, 0.3) is 15.6 Å². The third-order valence-electron chi connectivity index (χ3n) is 4.81. The largest absolute Gasteiger partial charge is 0.779 e. The van der Waals surface area contributed by atoms with Crippen LogP contribution in [0, 0.1) is 17.8 Å². The van der Waals surface area contributed by atoms with E-state index in [0.717, 1.165) is 25.7 Å². The second kappa shape index (κ2) is 13.6. The van der Waals surface area contributed by atoms with Gasteiger partial charge in [0.2, 0.25) is 5.91 Å².